The fraction of sp³-hybridized carbons (Fsp3) is 0.125. The fourth-order valence-corrected chi connectivity index (χ4v) is 4.43. The van der Waals surface area contributed by atoms with Gasteiger partial charge in [0.05, 0.1) is 22.8 Å². The number of hydrazone groups is 1. The highest BCUT2D eigenvalue weighted by molar-refractivity contribution is 6.42. The standard InChI is InChI=1S/C24H19Cl4N3/c1-15-18(12-29-30-13-19-20(25)6-4-7-21(19)26)17-5-2-3-8-24(17)31(15)14-16-9-10-22(27)23(28)11-16/h2-12,30H,13-14H2,1H3/b29-12-. The first-order valence-electron chi connectivity index (χ1n) is 9.66. The van der Waals surface area contributed by atoms with Crippen molar-refractivity contribution in [2.45, 2.75) is 20.0 Å². The van der Waals surface area contributed by atoms with Crippen LogP contribution in [0.25, 0.3) is 10.9 Å². The van der Waals surface area contributed by atoms with Crippen molar-refractivity contribution in [3.8, 4) is 0 Å². The van der Waals surface area contributed by atoms with Gasteiger partial charge in [-0.15, -0.1) is 0 Å². The van der Waals surface area contributed by atoms with Gasteiger partial charge < -0.3 is 9.99 Å². The number of halogens is 4. The molecule has 0 aliphatic carbocycles. The normalized spacial score (nSPS) is 11.5. The molecular formula is C24H19Cl4N3. The molecule has 0 unspecified atom stereocenters. The van der Waals surface area contributed by atoms with E-state index in [1.165, 1.54) is 0 Å². The highest BCUT2D eigenvalue weighted by atomic mass is 35.5. The summed E-state index contributed by atoms with van der Waals surface area (Å²) in [7, 11) is 0. The molecule has 0 radical (unpaired) electrons. The van der Waals surface area contributed by atoms with E-state index in [0.717, 1.165) is 33.3 Å². The lowest BCUT2D eigenvalue weighted by molar-refractivity contribution is 0.748. The predicted octanol–water partition coefficient (Wildman–Crippen LogP) is 7.74. The lowest BCUT2D eigenvalue weighted by Crippen LogP contribution is -2.07. The van der Waals surface area contributed by atoms with Gasteiger partial charge in [-0.2, -0.15) is 5.10 Å². The SMILES string of the molecule is Cc1c(/C=N\NCc2c(Cl)cccc2Cl)c2ccccc2n1Cc1ccc(Cl)c(Cl)c1. The van der Waals surface area contributed by atoms with E-state index in [1.807, 2.05) is 54.7 Å². The summed E-state index contributed by atoms with van der Waals surface area (Å²) in [6.07, 6.45) is 1.84. The summed E-state index contributed by atoms with van der Waals surface area (Å²) in [5.41, 5.74) is 8.23. The smallest absolute Gasteiger partial charge is 0.0609 e. The zero-order valence-corrected chi connectivity index (χ0v) is 19.7. The molecule has 31 heavy (non-hydrogen) atoms. The summed E-state index contributed by atoms with van der Waals surface area (Å²) >= 11 is 24.7. The van der Waals surface area contributed by atoms with E-state index in [4.69, 9.17) is 46.4 Å². The third kappa shape index (κ3) is 4.70. The van der Waals surface area contributed by atoms with Crippen molar-refractivity contribution in [2.75, 3.05) is 0 Å². The minimum atomic E-state index is 0.440. The molecule has 0 fully saturated rings. The van der Waals surface area contributed by atoms with Crippen molar-refractivity contribution in [1.29, 1.82) is 0 Å². The van der Waals surface area contributed by atoms with Crippen LogP contribution in [0.3, 0.4) is 0 Å². The Morgan fingerprint density at radius 2 is 1.61 bits per heavy atom. The van der Waals surface area contributed by atoms with Crippen LogP contribution in [0.1, 0.15) is 22.4 Å². The second-order valence-electron chi connectivity index (χ2n) is 7.14. The fourth-order valence-electron chi connectivity index (χ4n) is 3.58. The average molecular weight is 491 g/mol. The Morgan fingerprint density at radius 3 is 2.35 bits per heavy atom. The number of rotatable bonds is 6. The molecule has 0 spiro atoms. The van der Waals surface area contributed by atoms with Crippen LogP contribution in [0.4, 0.5) is 0 Å². The van der Waals surface area contributed by atoms with Crippen LogP contribution in [-0.4, -0.2) is 10.8 Å². The molecular weight excluding hydrogens is 472 g/mol. The summed E-state index contributed by atoms with van der Waals surface area (Å²) in [4.78, 5) is 0. The molecule has 7 heteroatoms. The average Bonchev–Trinajstić information content (AvgIpc) is 3.01. The predicted molar refractivity (Wildman–Crippen MR) is 133 cm³/mol. The van der Waals surface area contributed by atoms with Gasteiger partial charge in [0.1, 0.15) is 0 Å². The molecule has 1 heterocycles. The maximum atomic E-state index is 6.23. The van der Waals surface area contributed by atoms with Gasteiger partial charge >= 0.3 is 0 Å². The molecule has 0 saturated carbocycles. The van der Waals surface area contributed by atoms with E-state index in [2.05, 4.69) is 34.2 Å². The van der Waals surface area contributed by atoms with Crippen molar-refractivity contribution in [3.05, 3.63) is 103 Å². The summed E-state index contributed by atoms with van der Waals surface area (Å²) in [5, 5.41) is 7.90. The number of para-hydroxylation sites is 1. The van der Waals surface area contributed by atoms with Gasteiger partial charge in [-0.1, -0.05) is 76.7 Å². The van der Waals surface area contributed by atoms with Crippen LogP contribution < -0.4 is 5.43 Å². The molecule has 0 atom stereocenters. The van der Waals surface area contributed by atoms with Crippen molar-refractivity contribution >= 4 is 63.5 Å². The maximum absolute atomic E-state index is 6.23. The van der Waals surface area contributed by atoms with E-state index in [-0.39, 0.29) is 0 Å². The molecule has 1 aromatic heterocycles. The number of nitrogens with one attached hydrogen (secondary N) is 1. The molecule has 0 aliphatic heterocycles. The Bertz CT molecular complexity index is 1260. The molecule has 1 N–H and O–H groups in total. The van der Waals surface area contributed by atoms with E-state index in [0.29, 0.717) is 33.2 Å². The van der Waals surface area contributed by atoms with Crippen LogP contribution in [0, 0.1) is 6.92 Å². The Labute approximate surface area is 201 Å². The third-order valence-corrected chi connectivity index (χ3v) is 6.65. The van der Waals surface area contributed by atoms with Crippen LogP contribution >= 0.6 is 46.4 Å². The molecule has 4 rings (SSSR count). The second kappa shape index (κ2) is 9.54. The van der Waals surface area contributed by atoms with Gasteiger partial charge in [-0.3, -0.25) is 0 Å². The first kappa shape index (κ1) is 22.0. The lowest BCUT2D eigenvalue weighted by Gasteiger charge is -2.10. The molecule has 0 amide bonds. The number of nitrogens with zero attached hydrogens (tertiary/aromatic N) is 2. The Kier molecular flexibility index (Phi) is 6.78. The highest BCUT2D eigenvalue weighted by Gasteiger charge is 2.13. The molecule has 0 saturated heterocycles. The van der Waals surface area contributed by atoms with Gasteiger partial charge in [0.25, 0.3) is 0 Å². The molecule has 3 aromatic carbocycles. The van der Waals surface area contributed by atoms with Gasteiger partial charge in [-0.05, 0) is 42.8 Å². The van der Waals surface area contributed by atoms with Gasteiger partial charge in [-0.25, -0.2) is 0 Å². The van der Waals surface area contributed by atoms with Crippen molar-refractivity contribution in [2.24, 2.45) is 5.10 Å². The summed E-state index contributed by atoms with van der Waals surface area (Å²) in [6.45, 7) is 3.21. The van der Waals surface area contributed by atoms with Gasteiger partial charge in [0.15, 0.2) is 0 Å². The molecule has 0 bridgehead atoms. The Balaban J connectivity index is 1.61. The van der Waals surface area contributed by atoms with Crippen LogP contribution in [0.2, 0.25) is 20.1 Å². The van der Waals surface area contributed by atoms with Crippen LogP contribution in [0.5, 0.6) is 0 Å². The summed E-state index contributed by atoms with van der Waals surface area (Å²) in [5.74, 6) is 0. The molecule has 4 aromatic rings. The highest BCUT2D eigenvalue weighted by Crippen LogP contribution is 2.28. The Hall–Kier alpha value is -2.17. The largest absolute Gasteiger partial charge is 0.340 e. The van der Waals surface area contributed by atoms with Crippen molar-refractivity contribution < 1.29 is 0 Å². The Morgan fingerprint density at radius 1 is 0.871 bits per heavy atom. The monoisotopic (exact) mass is 489 g/mol. The van der Waals surface area contributed by atoms with E-state index in [1.54, 1.807) is 0 Å². The number of hydrogen-bond donors (Lipinski definition) is 1. The van der Waals surface area contributed by atoms with Crippen molar-refractivity contribution in [1.82, 2.24) is 9.99 Å². The number of fused-ring (bicyclic) bond motifs is 1. The van der Waals surface area contributed by atoms with Gasteiger partial charge in [0, 0.05) is 44.3 Å². The second-order valence-corrected chi connectivity index (χ2v) is 8.77. The first-order valence-corrected chi connectivity index (χ1v) is 11.2. The molecule has 158 valence electrons. The van der Waals surface area contributed by atoms with Crippen LogP contribution in [-0.2, 0) is 13.1 Å². The molecule has 0 aliphatic rings. The van der Waals surface area contributed by atoms with E-state index < -0.39 is 0 Å². The first-order chi connectivity index (χ1) is 15.0. The number of hydrogen-bond acceptors (Lipinski definition) is 2. The summed E-state index contributed by atoms with van der Waals surface area (Å²) < 4.78 is 2.25. The minimum Gasteiger partial charge on any atom is -0.340 e. The zero-order valence-electron chi connectivity index (χ0n) is 16.7. The van der Waals surface area contributed by atoms with E-state index in [9.17, 15) is 0 Å². The molecule has 3 nitrogen and oxygen atoms in total. The number of aromatic nitrogens is 1. The van der Waals surface area contributed by atoms with E-state index >= 15 is 0 Å². The zero-order chi connectivity index (χ0) is 22.0. The van der Waals surface area contributed by atoms with Crippen LogP contribution in [0.15, 0.2) is 65.8 Å². The van der Waals surface area contributed by atoms with Gasteiger partial charge in [0.2, 0.25) is 0 Å². The maximum Gasteiger partial charge on any atom is 0.0609 e. The minimum absolute atomic E-state index is 0.440. The third-order valence-electron chi connectivity index (χ3n) is 5.21. The topological polar surface area (TPSA) is 29.3 Å². The lowest BCUT2D eigenvalue weighted by atomic mass is 10.1. The quantitative estimate of drug-likeness (QED) is 0.217. The summed E-state index contributed by atoms with van der Waals surface area (Å²) in [6, 6.07) is 19.4. The van der Waals surface area contributed by atoms with Crippen molar-refractivity contribution in [3.63, 3.8) is 0 Å². The number of benzene rings is 3.